The van der Waals surface area contributed by atoms with Crippen LogP contribution >= 0.6 is 11.3 Å². The molecule has 0 saturated heterocycles. The summed E-state index contributed by atoms with van der Waals surface area (Å²) in [6, 6.07) is 1.79. The zero-order valence-electron chi connectivity index (χ0n) is 13.1. The Kier molecular flexibility index (Phi) is 6.64. The van der Waals surface area contributed by atoms with Crippen molar-refractivity contribution in [3.05, 3.63) is 16.5 Å². The maximum atomic E-state index is 12.5. The normalized spacial score (nSPS) is 12.6. The van der Waals surface area contributed by atoms with E-state index in [9.17, 15) is 8.42 Å². The van der Waals surface area contributed by atoms with Crippen molar-refractivity contribution in [2.75, 3.05) is 20.1 Å². The van der Waals surface area contributed by atoms with Crippen LogP contribution in [-0.2, 0) is 16.6 Å². The van der Waals surface area contributed by atoms with Crippen molar-refractivity contribution in [2.45, 2.75) is 44.9 Å². The van der Waals surface area contributed by atoms with Gasteiger partial charge in [0.25, 0.3) is 10.0 Å². The van der Waals surface area contributed by atoms with Gasteiger partial charge in [-0.15, -0.1) is 11.3 Å². The van der Waals surface area contributed by atoms with E-state index in [0.717, 1.165) is 30.0 Å². The van der Waals surface area contributed by atoms with Crippen LogP contribution in [0.5, 0.6) is 0 Å². The molecular formula is C14H26N2O2S2. The van der Waals surface area contributed by atoms with Crippen molar-refractivity contribution in [3.63, 3.8) is 0 Å². The van der Waals surface area contributed by atoms with Gasteiger partial charge in [-0.05, 0) is 37.4 Å². The Morgan fingerprint density at radius 3 is 2.60 bits per heavy atom. The molecule has 0 bridgehead atoms. The van der Waals surface area contributed by atoms with Gasteiger partial charge < -0.3 is 5.32 Å². The molecule has 0 spiro atoms. The fourth-order valence-corrected chi connectivity index (χ4v) is 4.70. The molecule has 1 aromatic heterocycles. The van der Waals surface area contributed by atoms with Gasteiger partial charge in [0.05, 0.1) is 0 Å². The van der Waals surface area contributed by atoms with Crippen LogP contribution in [0, 0.1) is 12.8 Å². The second kappa shape index (κ2) is 7.54. The summed E-state index contributed by atoms with van der Waals surface area (Å²) in [4.78, 5) is 1.10. The fourth-order valence-electron chi connectivity index (χ4n) is 1.74. The number of sulfonamides is 1. The van der Waals surface area contributed by atoms with E-state index in [1.807, 2.05) is 13.8 Å². The molecule has 0 fully saturated rings. The van der Waals surface area contributed by atoms with Gasteiger partial charge in [0, 0.05) is 25.0 Å². The van der Waals surface area contributed by atoms with Gasteiger partial charge in [-0.3, -0.25) is 0 Å². The Hall–Kier alpha value is -0.430. The van der Waals surface area contributed by atoms with E-state index in [2.05, 4.69) is 19.2 Å². The van der Waals surface area contributed by atoms with Crippen LogP contribution in [-0.4, -0.2) is 32.9 Å². The van der Waals surface area contributed by atoms with E-state index < -0.39 is 10.0 Å². The van der Waals surface area contributed by atoms with E-state index in [1.54, 1.807) is 13.1 Å². The highest BCUT2D eigenvalue weighted by Crippen LogP contribution is 2.28. The van der Waals surface area contributed by atoms with E-state index >= 15 is 0 Å². The van der Waals surface area contributed by atoms with Gasteiger partial charge in [0.15, 0.2) is 0 Å². The summed E-state index contributed by atoms with van der Waals surface area (Å²) < 4.78 is 26.9. The number of nitrogens with zero attached hydrogens (tertiary/aromatic N) is 1. The average Bonchev–Trinajstić information content (AvgIpc) is 2.75. The van der Waals surface area contributed by atoms with E-state index in [-0.39, 0.29) is 0 Å². The molecule has 0 atom stereocenters. The lowest BCUT2D eigenvalue weighted by Gasteiger charge is -2.17. The maximum absolute atomic E-state index is 12.5. The van der Waals surface area contributed by atoms with E-state index in [4.69, 9.17) is 0 Å². The first-order valence-corrected chi connectivity index (χ1v) is 9.31. The standard InChI is InChI=1S/C14H26N2O2S2/c1-6-15-10-13-12(4)9-14(19-13)20(17,18)16(5)8-7-11(2)3/h9,11,15H,6-8,10H2,1-5H3. The quantitative estimate of drug-likeness (QED) is 0.802. The van der Waals surface area contributed by atoms with Gasteiger partial charge in [-0.25, -0.2) is 12.7 Å². The molecule has 0 aliphatic heterocycles. The van der Waals surface area contributed by atoms with Crippen molar-refractivity contribution in [2.24, 2.45) is 5.92 Å². The van der Waals surface area contributed by atoms with E-state index in [0.29, 0.717) is 16.7 Å². The van der Waals surface area contributed by atoms with Gasteiger partial charge in [0.2, 0.25) is 0 Å². The molecule has 20 heavy (non-hydrogen) atoms. The second-order valence-electron chi connectivity index (χ2n) is 5.46. The minimum atomic E-state index is -3.34. The molecule has 1 rings (SSSR count). The van der Waals surface area contributed by atoms with Crippen LogP contribution in [0.2, 0.25) is 0 Å². The first kappa shape index (κ1) is 17.6. The molecule has 1 N–H and O–H groups in total. The number of rotatable bonds is 8. The SMILES string of the molecule is CCNCc1sc(S(=O)(=O)N(C)CCC(C)C)cc1C. The first-order valence-electron chi connectivity index (χ1n) is 7.05. The average molecular weight is 319 g/mol. The summed E-state index contributed by atoms with van der Waals surface area (Å²) in [6.07, 6.45) is 0.879. The Morgan fingerprint density at radius 2 is 2.05 bits per heavy atom. The zero-order valence-corrected chi connectivity index (χ0v) is 14.7. The highest BCUT2D eigenvalue weighted by atomic mass is 32.2. The maximum Gasteiger partial charge on any atom is 0.252 e. The number of thiophene rings is 1. The first-order chi connectivity index (χ1) is 9.28. The minimum Gasteiger partial charge on any atom is -0.312 e. The van der Waals surface area contributed by atoms with Crippen LogP contribution < -0.4 is 5.32 Å². The summed E-state index contributed by atoms with van der Waals surface area (Å²) in [7, 11) is -1.67. The predicted molar refractivity (Wildman–Crippen MR) is 85.7 cm³/mol. The smallest absolute Gasteiger partial charge is 0.252 e. The molecule has 0 radical (unpaired) electrons. The third-order valence-electron chi connectivity index (χ3n) is 3.22. The number of hydrogen-bond donors (Lipinski definition) is 1. The van der Waals surface area contributed by atoms with Crippen LogP contribution in [0.15, 0.2) is 10.3 Å². The Labute approximate surface area is 127 Å². The van der Waals surface area contributed by atoms with E-state index in [1.165, 1.54) is 15.6 Å². The van der Waals surface area contributed by atoms with Crippen LogP contribution in [0.1, 0.15) is 37.6 Å². The predicted octanol–water partition coefficient (Wildman–Crippen LogP) is 2.83. The third kappa shape index (κ3) is 4.55. The lowest BCUT2D eigenvalue weighted by atomic mass is 10.1. The van der Waals surface area contributed by atoms with Crippen LogP contribution in [0.3, 0.4) is 0 Å². The zero-order chi connectivity index (χ0) is 15.3. The Bertz CT molecular complexity index is 521. The minimum absolute atomic E-state index is 0.453. The number of aryl methyl sites for hydroxylation is 1. The van der Waals surface area contributed by atoms with Gasteiger partial charge in [0.1, 0.15) is 4.21 Å². The molecule has 4 nitrogen and oxygen atoms in total. The summed E-state index contributed by atoms with van der Waals surface area (Å²) in [5, 5.41) is 3.24. The Morgan fingerprint density at radius 1 is 1.40 bits per heavy atom. The summed E-state index contributed by atoms with van der Waals surface area (Å²) in [5.41, 5.74) is 1.05. The molecule has 1 aromatic rings. The molecular weight excluding hydrogens is 292 g/mol. The second-order valence-corrected chi connectivity index (χ2v) is 8.87. The molecule has 116 valence electrons. The summed E-state index contributed by atoms with van der Waals surface area (Å²) >= 11 is 1.38. The van der Waals surface area contributed by atoms with Gasteiger partial charge in [-0.2, -0.15) is 0 Å². The van der Waals surface area contributed by atoms with Crippen molar-refractivity contribution >= 4 is 21.4 Å². The summed E-state index contributed by atoms with van der Waals surface area (Å²) in [6.45, 7) is 10.4. The van der Waals surface area contributed by atoms with Crippen LogP contribution in [0.25, 0.3) is 0 Å². The topological polar surface area (TPSA) is 49.4 Å². The van der Waals surface area contributed by atoms with Crippen molar-refractivity contribution in [3.8, 4) is 0 Å². The molecule has 0 aromatic carbocycles. The largest absolute Gasteiger partial charge is 0.312 e. The van der Waals surface area contributed by atoms with Crippen molar-refractivity contribution < 1.29 is 8.42 Å². The highest BCUT2D eigenvalue weighted by Gasteiger charge is 2.23. The molecule has 6 heteroatoms. The molecule has 0 amide bonds. The van der Waals surface area contributed by atoms with Gasteiger partial charge >= 0.3 is 0 Å². The number of hydrogen-bond acceptors (Lipinski definition) is 4. The third-order valence-corrected chi connectivity index (χ3v) is 6.76. The van der Waals surface area contributed by atoms with Crippen molar-refractivity contribution in [1.82, 2.24) is 9.62 Å². The van der Waals surface area contributed by atoms with Crippen molar-refractivity contribution in [1.29, 1.82) is 0 Å². The lowest BCUT2D eigenvalue weighted by Crippen LogP contribution is -2.28. The number of nitrogens with one attached hydrogen (secondary N) is 1. The molecule has 1 heterocycles. The molecule has 0 aliphatic carbocycles. The monoisotopic (exact) mass is 318 g/mol. The highest BCUT2D eigenvalue weighted by molar-refractivity contribution is 7.91. The van der Waals surface area contributed by atoms with Crippen LogP contribution in [0.4, 0.5) is 0 Å². The fraction of sp³-hybridized carbons (Fsp3) is 0.714. The molecule has 0 saturated carbocycles. The summed E-state index contributed by atoms with van der Waals surface area (Å²) in [5.74, 6) is 0.502. The molecule has 0 unspecified atom stereocenters. The lowest BCUT2D eigenvalue weighted by molar-refractivity contribution is 0.429. The molecule has 0 aliphatic rings. The van der Waals surface area contributed by atoms with Gasteiger partial charge in [-0.1, -0.05) is 20.8 Å². The Balaban J connectivity index is 2.86.